The van der Waals surface area contributed by atoms with Gasteiger partial charge in [0.15, 0.2) is 0 Å². The molecule has 0 aromatic heterocycles. The van der Waals surface area contributed by atoms with Crippen LogP contribution < -0.4 is 9.64 Å². The second-order valence-electron chi connectivity index (χ2n) is 7.43. The number of aliphatic imine (C=N–C) groups is 1. The van der Waals surface area contributed by atoms with Gasteiger partial charge >= 0.3 is 0 Å². The summed E-state index contributed by atoms with van der Waals surface area (Å²) >= 11 is 0. The number of carbonyl (C=O) groups is 1. The average molecular weight is 346 g/mol. The number of carbonyl (C=O) groups excluding carboxylic acids is 1. The van der Waals surface area contributed by atoms with Crippen LogP contribution in [0.1, 0.15) is 37.5 Å². The van der Waals surface area contributed by atoms with Crippen LogP contribution in [0.25, 0.3) is 5.57 Å². The lowest BCUT2D eigenvalue weighted by atomic mass is 9.88. The molecular formula is C22H22N2O2. The number of hydrogen-bond donors (Lipinski definition) is 0. The zero-order valence-electron chi connectivity index (χ0n) is 15.8. The molecule has 26 heavy (non-hydrogen) atoms. The van der Waals surface area contributed by atoms with Crippen LogP contribution in [0, 0.1) is 6.92 Å². The van der Waals surface area contributed by atoms with E-state index < -0.39 is 0 Å². The predicted octanol–water partition coefficient (Wildman–Crippen LogP) is 4.67. The highest BCUT2D eigenvalue weighted by Crippen LogP contribution is 2.46. The van der Waals surface area contributed by atoms with Crippen LogP contribution in [-0.4, -0.2) is 24.3 Å². The zero-order valence-corrected chi connectivity index (χ0v) is 15.8. The summed E-state index contributed by atoms with van der Waals surface area (Å²) in [6.45, 7) is 8.28. The van der Waals surface area contributed by atoms with E-state index in [1.54, 1.807) is 7.11 Å². The van der Waals surface area contributed by atoms with Crippen molar-refractivity contribution < 1.29 is 9.53 Å². The van der Waals surface area contributed by atoms with E-state index in [0.717, 1.165) is 33.8 Å². The minimum Gasteiger partial charge on any atom is -0.497 e. The minimum absolute atomic E-state index is 0.0416. The molecule has 2 aromatic rings. The van der Waals surface area contributed by atoms with E-state index in [-0.39, 0.29) is 11.4 Å². The Labute approximate surface area is 153 Å². The summed E-state index contributed by atoms with van der Waals surface area (Å²) in [7, 11) is 1.63. The van der Waals surface area contributed by atoms with Gasteiger partial charge in [-0.15, -0.1) is 0 Å². The van der Waals surface area contributed by atoms with Crippen molar-refractivity contribution in [3.63, 3.8) is 0 Å². The molecule has 0 atom stereocenters. The first-order valence-electron chi connectivity index (χ1n) is 8.74. The number of anilines is 1. The lowest BCUT2D eigenvalue weighted by Gasteiger charge is -2.38. The molecule has 2 aliphatic heterocycles. The van der Waals surface area contributed by atoms with Gasteiger partial charge in [-0.25, -0.2) is 4.99 Å². The van der Waals surface area contributed by atoms with Gasteiger partial charge in [0.1, 0.15) is 11.5 Å². The highest BCUT2D eigenvalue weighted by atomic mass is 16.5. The molecule has 2 heterocycles. The molecule has 0 unspecified atom stereocenters. The largest absolute Gasteiger partial charge is 0.497 e. The van der Waals surface area contributed by atoms with Gasteiger partial charge in [-0.05, 0) is 63.1 Å². The van der Waals surface area contributed by atoms with Crippen LogP contribution in [0.15, 0.2) is 47.5 Å². The molecule has 0 fully saturated rings. The Kier molecular flexibility index (Phi) is 3.55. The molecule has 4 nitrogen and oxygen atoms in total. The monoisotopic (exact) mass is 346 g/mol. The van der Waals surface area contributed by atoms with Crippen molar-refractivity contribution in [1.82, 2.24) is 0 Å². The quantitative estimate of drug-likeness (QED) is 0.793. The topological polar surface area (TPSA) is 41.9 Å². The number of aryl methyl sites for hydroxylation is 1. The highest BCUT2D eigenvalue weighted by molar-refractivity contribution is 6.56. The SMILES string of the molecule is COc1ccc(N=C2C(=O)N3c4c(ccc(C)c42)C(C)=CC3(C)C)cc1. The van der Waals surface area contributed by atoms with Gasteiger partial charge in [0.05, 0.1) is 24.0 Å². The smallest absolute Gasteiger partial charge is 0.278 e. The maximum atomic E-state index is 13.3. The summed E-state index contributed by atoms with van der Waals surface area (Å²) < 4.78 is 5.20. The van der Waals surface area contributed by atoms with Crippen molar-refractivity contribution in [3.8, 4) is 5.75 Å². The number of rotatable bonds is 2. The van der Waals surface area contributed by atoms with E-state index in [4.69, 9.17) is 9.73 Å². The predicted molar refractivity (Wildman–Crippen MR) is 106 cm³/mol. The fourth-order valence-corrected chi connectivity index (χ4v) is 3.97. The Bertz CT molecular complexity index is 982. The molecule has 0 radical (unpaired) electrons. The van der Waals surface area contributed by atoms with Crippen LogP contribution in [0.4, 0.5) is 11.4 Å². The maximum absolute atomic E-state index is 13.3. The normalized spacial score (nSPS) is 18.8. The fourth-order valence-electron chi connectivity index (χ4n) is 3.97. The summed E-state index contributed by atoms with van der Waals surface area (Å²) in [5.74, 6) is 0.728. The van der Waals surface area contributed by atoms with Gasteiger partial charge in [-0.2, -0.15) is 0 Å². The van der Waals surface area contributed by atoms with Crippen molar-refractivity contribution in [1.29, 1.82) is 0 Å². The van der Waals surface area contributed by atoms with Gasteiger partial charge in [0, 0.05) is 11.1 Å². The molecule has 4 rings (SSSR count). The second kappa shape index (κ2) is 5.56. The van der Waals surface area contributed by atoms with E-state index in [1.165, 1.54) is 5.57 Å². The Morgan fingerprint density at radius 2 is 1.73 bits per heavy atom. The molecule has 0 bridgehead atoms. The minimum atomic E-state index is -0.381. The number of amides is 1. The van der Waals surface area contributed by atoms with Gasteiger partial charge in [-0.3, -0.25) is 9.69 Å². The van der Waals surface area contributed by atoms with E-state index in [2.05, 4.69) is 39.0 Å². The second-order valence-corrected chi connectivity index (χ2v) is 7.43. The van der Waals surface area contributed by atoms with Gasteiger partial charge < -0.3 is 4.74 Å². The van der Waals surface area contributed by atoms with Crippen LogP contribution >= 0.6 is 0 Å². The Hall–Kier alpha value is -2.88. The molecule has 0 aliphatic carbocycles. The van der Waals surface area contributed by atoms with Crippen molar-refractivity contribution in [3.05, 3.63) is 59.2 Å². The maximum Gasteiger partial charge on any atom is 0.278 e. The van der Waals surface area contributed by atoms with Crippen molar-refractivity contribution >= 4 is 28.6 Å². The lowest BCUT2D eigenvalue weighted by Crippen LogP contribution is -2.47. The van der Waals surface area contributed by atoms with E-state index >= 15 is 0 Å². The van der Waals surface area contributed by atoms with E-state index in [1.807, 2.05) is 36.1 Å². The first-order chi connectivity index (χ1) is 12.3. The Balaban J connectivity index is 1.94. The van der Waals surface area contributed by atoms with Gasteiger partial charge in [0.2, 0.25) is 0 Å². The average Bonchev–Trinajstić information content (AvgIpc) is 2.89. The summed E-state index contributed by atoms with van der Waals surface area (Å²) in [4.78, 5) is 19.9. The van der Waals surface area contributed by atoms with Crippen LogP contribution in [0.3, 0.4) is 0 Å². The molecule has 0 spiro atoms. The third kappa shape index (κ3) is 2.29. The summed E-state index contributed by atoms with van der Waals surface area (Å²) in [5.41, 5.74) is 6.19. The molecule has 0 N–H and O–H groups in total. The van der Waals surface area contributed by atoms with Crippen molar-refractivity contribution in [2.24, 2.45) is 4.99 Å². The summed E-state index contributed by atoms with van der Waals surface area (Å²) in [5, 5.41) is 0. The first-order valence-corrected chi connectivity index (χ1v) is 8.74. The van der Waals surface area contributed by atoms with Crippen LogP contribution in [-0.2, 0) is 4.79 Å². The summed E-state index contributed by atoms with van der Waals surface area (Å²) in [6.07, 6.45) is 2.16. The molecule has 132 valence electrons. The molecule has 2 aromatic carbocycles. The molecule has 1 amide bonds. The third-order valence-corrected chi connectivity index (χ3v) is 5.14. The number of allylic oxidation sites excluding steroid dienone is 1. The fraction of sp³-hybridized carbons (Fsp3) is 0.273. The number of nitrogens with zero attached hydrogens (tertiary/aromatic N) is 2. The molecule has 2 aliphatic rings. The Morgan fingerprint density at radius 3 is 2.38 bits per heavy atom. The molecule has 0 saturated heterocycles. The standard InChI is InChI=1S/C22H22N2O2/c1-13-6-11-17-14(2)12-22(3,4)24-20(17)18(13)19(21(24)25)23-15-7-9-16(26-5)10-8-15/h6-12H,1-5H3. The van der Waals surface area contributed by atoms with Gasteiger partial charge in [0.25, 0.3) is 5.91 Å². The number of methoxy groups -OCH3 is 1. The first kappa shape index (κ1) is 16.6. The van der Waals surface area contributed by atoms with Crippen LogP contribution in [0.5, 0.6) is 5.75 Å². The molecular weight excluding hydrogens is 324 g/mol. The van der Waals surface area contributed by atoms with E-state index in [9.17, 15) is 4.79 Å². The lowest BCUT2D eigenvalue weighted by molar-refractivity contribution is -0.112. The Morgan fingerprint density at radius 1 is 1.04 bits per heavy atom. The van der Waals surface area contributed by atoms with Crippen LogP contribution in [0.2, 0.25) is 0 Å². The highest BCUT2D eigenvalue weighted by Gasteiger charge is 2.45. The van der Waals surface area contributed by atoms with Gasteiger partial charge in [-0.1, -0.05) is 18.2 Å². The summed E-state index contributed by atoms with van der Waals surface area (Å²) in [6, 6.07) is 11.6. The molecule has 4 heteroatoms. The third-order valence-electron chi connectivity index (χ3n) is 5.14. The number of benzene rings is 2. The van der Waals surface area contributed by atoms with E-state index in [0.29, 0.717) is 5.71 Å². The number of ether oxygens (including phenoxy) is 1. The van der Waals surface area contributed by atoms with Crippen molar-refractivity contribution in [2.75, 3.05) is 12.0 Å². The number of hydrogen-bond acceptors (Lipinski definition) is 3. The zero-order chi connectivity index (χ0) is 18.6. The van der Waals surface area contributed by atoms with Crippen molar-refractivity contribution in [2.45, 2.75) is 33.2 Å². The molecule has 0 saturated carbocycles.